The van der Waals surface area contributed by atoms with E-state index in [1.54, 1.807) is 48.5 Å². The average molecular weight is 473 g/mol. The minimum atomic E-state index is -1.15. The third-order valence-corrected chi connectivity index (χ3v) is 5.25. The number of benzene rings is 3. The number of nitrogens with zero attached hydrogens (tertiary/aromatic N) is 1. The van der Waals surface area contributed by atoms with Gasteiger partial charge in [0.25, 0.3) is 11.8 Å². The van der Waals surface area contributed by atoms with Crippen LogP contribution in [0.25, 0.3) is 0 Å². The second-order valence-electron chi connectivity index (χ2n) is 7.73. The molecule has 0 bridgehead atoms. The number of rotatable bonds is 8. The molecular formula is C26H23N3O6. The molecule has 4 amide bonds. The van der Waals surface area contributed by atoms with Crippen molar-refractivity contribution in [2.45, 2.75) is 19.4 Å². The molecule has 0 fully saturated rings. The van der Waals surface area contributed by atoms with Crippen LogP contribution in [-0.2, 0) is 22.7 Å². The van der Waals surface area contributed by atoms with E-state index in [0.717, 1.165) is 16.0 Å². The lowest BCUT2D eigenvalue weighted by Gasteiger charge is -2.24. The Bertz CT molecular complexity index is 1120. The lowest BCUT2D eigenvalue weighted by molar-refractivity contribution is 0.0615. The standard InChI is InChI=1S/C26H23N3O6/c30-23-20-13-7-8-14-21(20)24(31)29(23)15-22(27-25(32)34-16-18-9-3-1-4-10-18)28-26(33)35-17-19-11-5-2-6-12-19/h1-14,22H,15-17H2,(H,27,32)(H,28,33). The van der Waals surface area contributed by atoms with Crippen LogP contribution in [-0.4, -0.2) is 41.6 Å². The van der Waals surface area contributed by atoms with E-state index < -0.39 is 30.2 Å². The smallest absolute Gasteiger partial charge is 0.409 e. The maximum Gasteiger partial charge on any atom is 0.409 e. The fourth-order valence-corrected chi connectivity index (χ4v) is 3.53. The van der Waals surface area contributed by atoms with Crippen molar-refractivity contribution in [2.24, 2.45) is 0 Å². The highest BCUT2D eigenvalue weighted by atomic mass is 16.6. The Morgan fingerprint density at radius 3 is 1.49 bits per heavy atom. The van der Waals surface area contributed by atoms with Crippen molar-refractivity contribution in [1.29, 1.82) is 0 Å². The van der Waals surface area contributed by atoms with Crippen molar-refractivity contribution in [3.05, 3.63) is 107 Å². The van der Waals surface area contributed by atoms with E-state index in [1.807, 2.05) is 36.4 Å². The van der Waals surface area contributed by atoms with E-state index in [2.05, 4.69) is 10.6 Å². The predicted octanol–water partition coefficient (Wildman–Crippen LogP) is 3.46. The number of imide groups is 1. The van der Waals surface area contributed by atoms with Crippen LogP contribution in [0, 0.1) is 0 Å². The van der Waals surface area contributed by atoms with Gasteiger partial charge in [0, 0.05) is 0 Å². The van der Waals surface area contributed by atoms with Crippen LogP contribution in [0.1, 0.15) is 31.8 Å². The molecule has 3 aromatic rings. The Hall–Kier alpha value is -4.66. The highest BCUT2D eigenvalue weighted by molar-refractivity contribution is 6.21. The van der Waals surface area contributed by atoms with Gasteiger partial charge in [-0.15, -0.1) is 0 Å². The summed E-state index contributed by atoms with van der Waals surface area (Å²) in [6, 6.07) is 24.5. The van der Waals surface area contributed by atoms with E-state index >= 15 is 0 Å². The molecular weight excluding hydrogens is 450 g/mol. The van der Waals surface area contributed by atoms with Crippen LogP contribution in [0.15, 0.2) is 84.9 Å². The van der Waals surface area contributed by atoms with Gasteiger partial charge in [0.2, 0.25) is 0 Å². The topological polar surface area (TPSA) is 114 Å². The minimum absolute atomic E-state index is 0.00483. The summed E-state index contributed by atoms with van der Waals surface area (Å²) in [5.74, 6) is -1.04. The third-order valence-electron chi connectivity index (χ3n) is 5.25. The van der Waals surface area contributed by atoms with Crippen LogP contribution in [0.3, 0.4) is 0 Å². The fourth-order valence-electron chi connectivity index (χ4n) is 3.53. The Morgan fingerprint density at radius 1 is 0.657 bits per heavy atom. The summed E-state index contributed by atoms with van der Waals surface area (Å²) in [6.45, 7) is -0.303. The highest BCUT2D eigenvalue weighted by Crippen LogP contribution is 2.22. The molecule has 0 atom stereocenters. The van der Waals surface area contributed by atoms with Gasteiger partial charge in [-0.3, -0.25) is 25.1 Å². The van der Waals surface area contributed by atoms with Gasteiger partial charge in [0.1, 0.15) is 19.4 Å². The molecule has 0 saturated heterocycles. The van der Waals surface area contributed by atoms with Gasteiger partial charge in [-0.1, -0.05) is 72.8 Å². The maximum atomic E-state index is 12.8. The minimum Gasteiger partial charge on any atom is -0.445 e. The number of nitrogens with one attached hydrogen (secondary N) is 2. The number of hydrogen-bond donors (Lipinski definition) is 2. The predicted molar refractivity (Wildman–Crippen MR) is 125 cm³/mol. The molecule has 0 aliphatic carbocycles. The molecule has 1 heterocycles. The normalized spacial score (nSPS) is 12.3. The van der Waals surface area contributed by atoms with Crippen LogP contribution >= 0.6 is 0 Å². The second-order valence-corrected chi connectivity index (χ2v) is 7.73. The van der Waals surface area contributed by atoms with E-state index in [4.69, 9.17) is 9.47 Å². The average Bonchev–Trinajstić information content (AvgIpc) is 3.12. The van der Waals surface area contributed by atoms with Gasteiger partial charge >= 0.3 is 12.2 Å². The van der Waals surface area contributed by atoms with E-state index in [9.17, 15) is 19.2 Å². The number of carbonyl (C=O) groups is 4. The van der Waals surface area contributed by atoms with E-state index in [0.29, 0.717) is 0 Å². The Balaban J connectivity index is 1.41. The Labute approximate surface area is 201 Å². The number of ether oxygens (including phenoxy) is 2. The summed E-state index contributed by atoms with van der Waals surface area (Å²) < 4.78 is 10.4. The van der Waals surface area contributed by atoms with Gasteiger partial charge < -0.3 is 9.47 Å². The molecule has 2 N–H and O–H groups in total. The summed E-state index contributed by atoms with van der Waals surface area (Å²) in [6.07, 6.45) is -2.82. The molecule has 178 valence electrons. The third kappa shape index (κ3) is 6.02. The summed E-state index contributed by atoms with van der Waals surface area (Å²) in [4.78, 5) is 51.3. The summed E-state index contributed by atoms with van der Waals surface area (Å²) in [5.41, 5.74) is 2.06. The summed E-state index contributed by atoms with van der Waals surface area (Å²) >= 11 is 0. The fraction of sp³-hybridized carbons (Fsp3) is 0.154. The van der Waals surface area contributed by atoms with Crippen LogP contribution in [0.2, 0.25) is 0 Å². The Kier molecular flexibility index (Phi) is 7.37. The van der Waals surface area contributed by atoms with Crippen LogP contribution in [0.5, 0.6) is 0 Å². The molecule has 0 spiro atoms. The first-order chi connectivity index (χ1) is 17.0. The molecule has 9 heteroatoms. The van der Waals surface area contributed by atoms with Crippen LogP contribution in [0.4, 0.5) is 9.59 Å². The molecule has 9 nitrogen and oxygen atoms in total. The molecule has 35 heavy (non-hydrogen) atoms. The molecule has 3 aromatic carbocycles. The van der Waals surface area contributed by atoms with Gasteiger partial charge in [0.15, 0.2) is 0 Å². The number of alkyl carbamates (subject to hydrolysis) is 2. The van der Waals surface area contributed by atoms with Crippen molar-refractivity contribution in [2.75, 3.05) is 6.54 Å². The second kappa shape index (κ2) is 11.0. The highest BCUT2D eigenvalue weighted by Gasteiger charge is 2.37. The summed E-state index contributed by atoms with van der Waals surface area (Å²) in [7, 11) is 0. The molecule has 1 aliphatic heterocycles. The first-order valence-corrected chi connectivity index (χ1v) is 10.9. The van der Waals surface area contributed by atoms with Gasteiger partial charge in [-0.25, -0.2) is 9.59 Å². The first-order valence-electron chi connectivity index (χ1n) is 10.9. The molecule has 0 saturated carbocycles. The number of carbonyl (C=O) groups excluding carboxylic acids is 4. The quantitative estimate of drug-likeness (QED) is 0.383. The summed E-state index contributed by atoms with van der Waals surface area (Å²) in [5, 5.41) is 4.98. The first kappa shape index (κ1) is 23.5. The number of hydrogen-bond acceptors (Lipinski definition) is 6. The molecule has 0 aromatic heterocycles. The molecule has 1 aliphatic rings. The van der Waals surface area contributed by atoms with Crippen molar-refractivity contribution in [3.63, 3.8) is 0 Å². The maximum absolute atomic E-state index is 12.8. The molecule has 4 rings (SSSR count). The Morgan fingerprint density at radius 2 is 1.06 bits per heavy atom. The number of fused-ring (bicyclic) bond motifs is 1. The largest absolute Gasteiger partial charge is 0.445 e. The van der Waals surface area contributed by atoms with E-state index in [1.165, 1.54) is 0 Å². The zero-order valence-corrected chi connectivity index (χ0v) is 18.7. The van der Waals surface area contributed by atoms with Crippen molar-refractivity contribution < 1.29 is 28.7 Å². The molecule has 0 radical (unpaired) electrons. The van der Waals surface area contributed by atoms with E-state index in [-0.39, 0.29) is 30.9 Å². The van der Waals surface area contributed by atoms with Gasteiger partial charge in [0.05, 0.1) is 17.7 Å². The monoisotopic (exact) mass is 473 g/mol. The van der Waals surface area contributed by atoms with Crippen molar-refractivity contribution >= 4 is 24.0 Å². The van der Waals surface area contributed by atoms with Crippen LogP contribution < -0.4 is 10.6 Å². The van der Waals surface area contributed by atoms with Gasteiger partial charge in [-0.05, 0) is 23.3 Å². The lowest BCUT2D eigenvalue weighted by atomic mass is 10.1. The zero-order chi connectivity index (χ0) is 24.6. The molecule has 0 unspecified atom stereocenters. The van der Waals surface area contributed by atoms with Crippen molar-refractivity contribution in [1.82, 2.24) is 15.5 Å². The van der Waals surface area contributed by atoms with Gasteiger partial charge in [-0.2, -0.15) is 0 Å². The SMILES string of the molecule is O=C(NC(CN1C(=O)c2ccccc2C1=O)NC(=O)OCc1ccccc1)OCc1ccccc1. The zero-order valence-electron chi connectivity index (χ0n) is 18.7. The van der Waals surface area contributed by atoms with Crippen molar-refractivity contribution in [3.8, 4) is 0 Å². The lowest BCUT2D eigenvalue weighted by Crippen LogP contribution is -2.55. The number of amides is 4.